The van der Waals surface area contributed by atoms with Gasteiger partial charge in [-0.25, -0.2) is 15.0 Å². The van der Waals surface area contributed by atoms with Gasteiger partial charge in [-0.1, -0.05) is 0 Å². The Morgan fingerprint density at radius 2 is 2.22 bits per heavy atom. The number of piperidine rings is 1. The third-order valence-electron chi connectivity index (χ3n) is 3.92. The molecule has 1 aliphatic heterocycles. The normalized spacial score (nSPS) is 18.3. The first-order chi connectivity index (χ1) is 11.3. The van der Waals surface area contributed by atoms with Crippen LogP contribution in [0.2, 0.25) is 0 Å². The Hall–Kier alpha value is -1.83. The van der Waals surface area contributed by atoms with Crippen LogP contribution in [0.3, 0.4) is 0 Å². The molecular weight excluding hydrogens is 328 g/mol. The van der Waals surface area contributed by atoms with Crippen molar-refractivity contribution in [3.05, 3.63) is 34.6 Å². The van der Waals surface area contributed by atoms with Crippen molar-refractivity contribution in [2.75, 3.05) is 18.0 Å². The molecule has 0 saturated carbocycles. The van der Waals surface area contributed by atoms with Crippen LogP contribution >= 0.6 is 22.7 Å². The molecule has 4 heterocycles. The Kier molecular flexibility index (Phi) is 4.07. The van der Waals surface area contributed by atoms with Gasteiger partial charge < -0.3 is 10.0 Å². The largest absolute Gasteiger partial charge is 0.391 e. The molecule has 0 aromatic carbocycles. The number of aliphatic hydroxyl groups excluding tert-OH is 1. The summed E-state index contributed by atoms with van der Waals surface area (Å²) < 4.78 is 0. The summed E-state index contributed by atoms with van der Waals surface area (Å²) in [6.45, 7) is 1.47. The van der Waals surface area contributed by atoms with E-state index in [9.17, 15) is 5.11 Å². The number of rotatable bonds is 3. The molecule has 1 aliphatic rings. The first-order valence-electron chi connectivity index (χ1n) is 7.54. The predicted octanol–water partition coefficient (Wildman–Crippen LogP) is 3.29. The van der Waals surface area contributed by atoms with E-state index in [0.29, 0.717) is 12.5 Å². The van der Waals surface area contributed by atoms with Gasteiger partial charge in [0.2, 0.25) is 5.95 Å². The molecule has 0 spiro atoms. The van der Waals surface area contributed by atoms with Crippen molar-refractivity contribution in [2.45, 2.75) is 18.9 Å². The number of thiophene rings is 1. The van der Waals surface area contributed by atoms with Crippen molar-refractivity contribution < 1.29 is 5.11 Å². The molecule has 4 rings (SSSR count). The maximum atomic E-state index is 9.89. The Morgan fingerprint density at radius 3 is 2.96 bits per heavy atom. The van der Waals surface area contributed by atoms with E-state index in [1.165, 1.54) is 0 Å². The number of hydrogen-bond acceptors (Lipinski definition) is 7. The molecule has 23 heavy (non-hydrogen) atoms. The average molecular weight is 344 g/mol. The van der Waals surface area contributed by atoms with E-state index in [1.54, 1.807) is 28.9 Å². The summed E-state index contributed by atoms with van der Waals surface area (Å²) in [4.78, 5) is 15.8. The molecule has 0 bridgehead atoms. The van der Waals surface area contributed by atoms with E-state index in [4.69, 9.17) is 4.98 Å². The minimum Gasteiger partial charge on any atom is -0.391 e. The second-order valence-electron chi connectivity index (χ2n) is 5.52. The molecule has 1 fully saturated rings. The number of nitrogens with zero attached hydrogens (tertiary/aromatic N) is 4. The van der Waals surface area contributed by atoms with Crippen molar-refractivity contribution in [1.29, 1.82) is 0 Å². The third kappa shape index (κ3) is 2.99. The average Bonchev–Trinajstić information content (AvgIpc) is 3.28. The Balaban J connectivity index is 1.77. The van der Waals surface area contributed by atoms with Crippen LogP contribution in [-0.2, 0) is 0 Å². The highest BCUT2D eigenvalue weighted by Gasteiger charge is 2.22. The molecule has 0 unspecified atom stereocenters. The quantitative estimate of drug-likeness (QED) is 0.790. The molecule has 1 atom stereocenters. The molecule has 7 heteroatoms. The molecule has 0 amide bonds. The maximum absolute atomic E-state index is 9.89. The Labute approximate surface area is 142 Å². The lowest BCUT2D eigenvalue weighted by molar-refractivity contribution is 0.153. The van der Waals surface area contributed by atoms with Gasteiger partial charge in [0.1, 0.15) is 10.7 Å². The summed E-state index contributed by atoms with van der Waals surface area (Å²) in [5.41, 5.74) is 2.98. The maximum Gasteiger partial charge on any atom is 0.226 e. The van der Waals surface area contributed by atoms with Crippen LogP contribution < -0.4 is 4.90 Å². The van der Waals surface area contributed by atoms with E-state index < -0.39 is 0 Å². The number of aliphatic hydroxyl groups is 1. The van der Waals surface area contributed by atoms with Crippen molar-refractivity contribution >= 4 is 28.6 Å². The van der Waals surface area contributed by atoms with E-state index >= 15 is 0 Å². The fourth-order valence-corrected chi connectivity index (χ4v) is 4.09. The van der Waals surface area contributed by atoms with Crippen molar-refractivity contribution in [3.63, 3.8) is 0 Å². The smallest absolute Gasteiger partial charge is 0.226 e. The SMILES string of the molecule is O[C@@H]1CCCN(c2ncc(-c3ccsc3)c(-c3nccs3)n2)C1. The second-order valence-corrected chi connectivity index (χ2v) is 7.20. The van der Waals surface area contributed by atoms with E-state index in [1.807, 2.05) is 11.6 Å². The van der Waals surface area contributed by atoms with Crippen molar-refractivity contribution in [2.24, 2.45) is 0 Å². The van der Waals surface area contributed by atoms with Crippen LogP contribution in [0.1, 0.15) is 12.8 Å². The molecule has 3 aromatic rings. The van der Waals surface area contributed by atoms with Crippen LogP contribution in [-0.4, -0.2) is 39.3 Å². The molecule has 0 radical (unpaired) electrons. The van der Waals surface area contributed by atoms with Gasteiger partial charge in [-0.2, -0.15) is 11.3 Å². The van der Waals surface area contributed by atoms with E-state index in [2.05, 4.69) is 31.7 Å². The van der Waals surface area contributed by atoms with Gasteiger partial charge >= 0.3 is 0 Å². The van der Waals surface area contributed by atoms with Gasteiger partial charge in [0.05, 0.1) is 6.10 Å². The second kappa shape index (κ2) is 6.35. The lowest BCUT2D eigenvalue weighted by Gasteiger charge is -2.30. The van der Waals surface area contributed by atoms with Crippen molar-refractivity contribution in [3.8, 4) is 21.8 Å². The van der Waals surface area contributed by atoms with Gasteiger partial charge in [0.25, 0.3) is 0 Å². The van der Waals surface area contributed by atoms with Gasteiger partial charge in [-0.15, -0.1) is 11.3 Å². The van der Waals surface area contributed by atoms with Gasteiger partial charge in [-0.05, 0) is 35.2 Å². The monoisotopic (exact) mass is 344 g/mol. The highest BCUT2D eigenvalue weighted by molar-refractivity contribution is 7.13. The minimum atomic E-state index is -0.299. The zero-order valence-corrected chi connectivity index (χ0v) is 14.1. The first-order valence-corrected chi connectivity index (χ1v) is 9.36. The van der Waals surface area contributed by atoms with Crippen LogP contribution in [0.5, 0.6) is 0 Å². The summed E-state index contributed by atoms with van der Waals surface area (Å²) in [5.74, 6) is 0.674. The predicted molar refractivity (Wildman–Crippen MR) is 93.9 cm³/mol. The van der Waals surface area contributed by atoms with Crippen LogP contribution in [0, 0.1) is 0 Å². The number of hydrogen-bond donors (Lipinski definition) is 1. The summed E-state index contributed by atoms with van der Waals surface area (Å²) >= 11 is 3.23. The summed E-state index contributed by atoms with van der Waals surface area (Å²) in [6, 6.07) is 2.07. The van der Waals surface area contributed by atoms with Gasteiger partial charge in [0.15, 0.2) is 0 Å². The zero-order chi connectivity index (χ0) is 15.6. The molecule has 0 aliphatic carbocycles. The number of aromatic nitrogens is 3. The fourth-order valence-electron chi connectivity index (χ4n) is 2.79. The Bertz CT molecular complexity index is 773. The fraction of sp³-hybridized carbons (Fsp3) is 0.312. The third-order valence-corrected chi connectivity index (χ3v) is 5.39. The van der Waals surface area contributed by atoms with E-state index in [-0.39, 0.29) is 6.10 Å². The highest BCUT2D eigenvalue weighted by atomic mass is 32.1. The highest BCUT2D eigenvalue weighted by Crippen LogP contribution is 2.33. The lowest BCUT2D eigenvalue weighted by Crippen LogP contribution is -2.39. The molecule has 1 N–H and O–H groups in total. The van der Waals surface area contributed by atoms with Crippen LogP contribution in [0.25, 0.3) is 21.8 Å². The van der Waals surface area contributed by atoms with Crippen LogP contribution in [0.15, 0.2) is 34.6 Å². The topological polar surface area (TPSA) is 62.1 Å². The number of anilines is 1. The molecular formula is C16H16N4OS2. The summed E-state index contributed by atoms with van der Waals surface area (Å²) in [6.07, 6.45) is 5.19. The number of β-amino-alcohol motifs (C(OH)–C–C–N with tert-alkyl or cyclic N) is 1. The van der Waals surface area contributed by atoms with Crippen molar-refractivity contribution in [1.82, 2.24) is 15.0 Å². The molecule has 1 saturated heterocycles. The number of thiazole rings is 1. The molecule has 3 aromatic heterocycles. The van der Waals surface area contributed by atoms with Crippen LogP contribution in [0.4, 0.5) is 5.95 Å². The van der Waals surface area contributed by atoms with E-state index in [0.717, 1.165) is 41.2 Å². The van der Waals surface area contributed by atoms with Gasteiger partial charge in [-0.3, -0.25) is 0 Å². The summed E-state index contributed by atoms with van der Waals surface area (Å²) in [7, 11) is 0. The Morgan fingerprint density at radius 1 is 1.26 bits per heavy atom. The first kappa shape index (κ1) is 14.7. The zero-order valence-electron chi connectivity index (χ0n) is 12.4. The standard InChI is InChI=1S/C16H16N4OS2/c21-12-2-1-5-20(9-12)16-18-8-13(11-3-6-22-10-11)14(19-16)15-17-4-7-23-15/h3-4,6-8,10,12,21H,1-2,5,9H2/t12-/m1/s1. The molecule has 5 nitrogen and oxygen atoms in total. The minimum absolute atomic E-state index is 0.299. The lowest BCUT2D eigenvalue weighted by atomic mass is 10.1. The van der Waals surface area contributed by atoms with Gasteiger partial charge in [0, 0.05) is 36.4 Å². The molecule has 118 valence electrons. The summed E-state index contributed by atoms with van der Waals surface area (Å²) in [5, 5.41) is 16.9.